The van der Waals surface area contributed by atoms with E-state index in [0.29, 0.717) is 5.92 Å². The van der Waals surface area contributed by atoms with E-state index in [0.717, 1.165) is 19.4 Å². The highest BCUT2D eigenvalue weighted by Crippen LogP contribution is 2.08. The molecule has 2 atom stereocenters. The van der Waals surface area contributed by atoms with Gasteiger partial charge in [-0.1, -0.05) is 37.3 Å². The minimum absolute atomic E-state index is 0.464. The van der Waals surface area contributed by atoms with Gasteiger partial charge in [-0.3, -0.25) is 4.79 Å². The normalized spacial score (nSPS) is 14.2. The first kappa shape index (κ1) is 13.7. The van der Waals surface area contributed by atoms with Crippen LogP contribution in [0.4, 0.5) is 0 Å². The van der Waals surface area contributed by atoms with Gasteiger partial charge in [0.25, 0.3) is 0 Å². The number of carboxylic acids is 1. The van der Waals surface area contributed by atoms with Gasteiger partial charge in [-0.05, 0) is 37.8 Å². The van der Waals surface area contributed by atoms with Gasteiger partial charge in [0.15, 0.2) is 0 Å². The lowest BCUT2D eigenvalue weighted by atomic mass is 10.0. The number of carboxylic acid groups (broad SMARTS) is 1. The van der Waals surface area contributed by atoms with Crippen LogP contribution in [0.2, 0.25) is 0 Å². The molecule has 3 nitrogen and oxygen atoms in total. The Morgan fingerprint density at radius 2 is 1.94 bits per heavy atom. The fourth-order valence-electron chi connectivity index (χ4n) is 1.63. The summed E-state index contributed by atoms with van der Waals surface area (Å²) in [4.78, 5) is 10.6. The molecule has 0 spiro atoms. The summed E-state index contributed by atoms with van der Waals surface area (Å²) in [5.41, 5.74) is 1.34. The Morgan fingerprint density at radius 1 is 1.29 bits per heavy atom. The van der Waals surface area contributed by atoms with Gasteiger partial charge in [-0.2, -0.15) is 0 Å². The summed E-state index contributed by atoms with van der Waals surface area (Å²) in [6.07, 6.45) is 2.12. The van der Waals surface area contributed by atoms with Crippen molar-refractivity contribution >= 4 is 5.97 Å². The number of hydrogen-bond donors (Lipinski definition) is 2. The first-order valence-corrected chi connectivity index (χ1v) is 6.09. The monoisotopic (exact) mass is 235 g/mol. The van der Waals surface area contributed by atoms with Gasteiger partial charge >= 0.3 is 5.97 Å². The Labute approximate surface area is 103 Å². The minimum atomic E-state index is -0.791. The molecule has 0 aromatic heterocycles. The number of carbonyl (C=O) groups is 1. The lowest BCUT2D eigenvalue weighted by molar-refractivity contribution is -0.139. The molecule has 0 bridgehead atoms. The molecule has 0 aliphatic rings. The van der Waals surface area contributed by atoms with Crippen LogP contribution in [0.15, 0.2) is 30.3 Å². The van der Waals surface area contributed by atoms with Crippen LogP contribution in [0.5, 0.6) is 0 Å². The molecule has 0 aliphatic carbocycles. The smallest absolute Gasteiger partial charge is 0.320 e. The zero-order chi connectivity index (χ0) is 12.7. The van der Waals surface area contributed by atoms with Gasteiger partial charge in [0.1, 0.15) is 6.04 Å². The van der Waals surface area contributed by atoms with Gasteiger partial charge < -0.3 is 10.4 Å². The maximum absolute atomic E-state index is 10.6. The Morgan fingerprint density at radius 3 is 2.53 bits per heavy atom. The Balaban J connectivity index is 2.22. The Hall–Kier alpha value is -1.35. The summed E-state index contributed by atoms with van der Waals surface area (Å²) >= 11 is 0. The quantitative estimate of drug-likeness (QED) is 0.762. The van der Waals surface area contributed by atoms with Crippen LogP contribution >= 0.6 is 0 Å². The highest BCUT2D eigenvalue weighted by atomic mass is 16.4. The molecule has 0 radical (unpaired) electrons. The zero-order valence-corrected chi connectivity index (χ0v) is 10.5. The number of hydrogen-bond acceptors (Lipinski definition) is 2. The summed E-state index contributed by atoms with van der Waals surface area (Å²) in [6, 6.07) is 9.90. The van der Waals surface area contributed by atoms with E-state index in [4.69, 9.17) is 5.11 Å². The van der Waals surface area contributed by atoms with Crippen LogP contribution in [0.3, 0.4) is 0 Å². The van der Waals surface area contributed by atoms with Crippen molar-refractivity contribution in [3.63, 3.8) is 0 Å². The van der Waals surface area contributed by atoms with Crippen molar-refractivity contribution < 1.29 is 9.90 Å². The summed E-state index contributed by atoms with van der Waals surface area (Å²) in [5.74, 6) is -0.308. The van der Waals surface area contributed by atoms with Crippen molar-refractivity contribution in [1.29, 1.82) is 0 Å². The molecule has 0 amide bonds. The summed E-state index contributed by atoms with van der Waals surface area (Å²) in [7, 11) is 0. The fourth-order valence-corrected chi connectivity index (χ4v) is 1.63. The molecule has 3 heteroatoms. The highest BCUT2D eigenvalue weighted by molar-refractivity contribution is 5.72. The molecule has 0 aliphatic heterocycles. The fraction of sp³-hybridized carbons (Fsp3) is 0.500. The molecule has 1 unspecified atom stereocenters. The SMILES string of the molecule is CC(CCc1ccccc1)CN[C@H](C)C(=O)O. The molecule has 2 N–H and O–H groups in total. The first-order valence-electron chi connectivity index (χ1n) is 6.09. The lowest BCUT2D eigenvalue weighted by Gasteiger charge is -2.15. The minimum Gasteiger partial charge on any atom is -0.480 e. The molecule has 0 heterocycles. The third-order valence-corrected chi connectivity index (χ3v) is 2.91. The Kier molecular flexibility index (Phi) is 5.70. The van der Waals surface area contributed by atoms with E-state index in [1.54, 1.807) is 6.92 Å². The second kappa shape index (κ2) is 7.07. The molecule has 0 fully saturated rings. The number of aliphatic carboxylic acids is 1. The first-order chi connectivity index (χ1) is 8.09. The van der Waals surface area contributed by atoms with Crippen LogP contribution in [0.25, 0.3) is 0 Å². The molecule has 1 aromatic carbocycles. The highest BCUT2D eigenvalue weighted by Gasteiger charge is 2.11. The van der Waals surface area contributed by atoms with Crippen LogP contribution in [-0.4, -0.2) is 23.7 Å². The zero-order valence-electron chi connectivity index (χ0n) is 10.5. The van der Waals surface area contributed by atoms with E-state index in [1.165, 1.54) is 5.56 Å². The van der Waals surface area contributed by atoms with Gasteiger partial charge in [0.05, 0.1) is 0 Å². The van der Waals surface area contributed by atoms with Gasteiger partial charge in [-0.15, -0.1) is 0 Å². The summed E-state index contributed by atoms with van der Waals surface area (Å²) < 4.78 is 0. The van der Waals surface area contributed by atoms with Crippen molar-refractivity contribution in [2.45, 2.75) is 32.7 Å². The predicted octanol–water partition coefficient (Wildman–Crippen LogP) is 2.32. The number of aryl methyl sites for hydroxylation is 1. The number of benzene rings is 1. The molecule has 0 saturated heterocycles. The van der Waals surface area contributed by atoms with Crippen LogP contribution < -0.4 is 5.32 Å². The topological polar surface area (TPSA) is 49.3 Å². The molecule has 17 heavy (non-hydrogen) atoms. The van der Waals surface area contributed by atoms with Crippen molar-refractivity contribution in [3.05, 3.63) is 35.9 Å². The Bertz CT molecular complexity index is 337. The lowest BCUT2D eigenvalue weighted by Crippen LogP contribution is -2.36. The molecule has 1 rings (SSSR count). The summed E-state index contributed by atoms with van der Waals surface area (Å²) in [6.45, 7) is 4.57. The number of nitrogens with one attached hydrogen (secondary N) is 1. The van der Waals surface area contributed by atoms with E-state index in [9.17, 15) is 4.79 Å². The average Bonchev–Trinajstić information content (AvgIpc) is 2.34. The predicted molar refractivity (Wildman–Crippen MR) is 69.0 cm³/mol. The van der Waals surface area contributed by atoms with Gasteiger partial charge in [-0.25, -0.2) is 0 Å². The maximum Gasteiger partial charge on any atom is 0.320 e. The third kappa shape index (κ3) is 5.50. The third-order valence-electron chi connectivity index (χ3n) is 2.91. The van der Waals surface area contributed by atoms with Crippen molar-refractivity contribution in [2.75, 3.05) is 6.54 Å². The second-order valence-corrected chi connectivity index (χ2v) is 4.60. The largest absolute Gasteiger partial charge is 0.480 e. The van der Waals surface area contributed by atoms with Gasteiger partial charge in [0, 0.05) is 0 Å². The van der Waals surface area contributed by atoms with Crippen molar-refractivity contribution in [1.82, 2.24) is 5.32 Å². The van der Waals surface area contributed by atoms with Crippen LogP contribution in [0.1, 0.15) is 25.8 Å². The second-order valence-electron chi connectivity index (χ2n) is 4.60. The van der Waals surface area contributed by atoms with E-state index in [1.807, 2.05) is 18.2 Å². The number of rotatable bonds is 7. The molecular formula is C14H21NO2. The van der Waals surface area contributed by atoms with E-state index >= 15 is 0 Å². The van der Waals surface area contributed by atoms with E-state index < -0.39 is 12.0 Å². The molecule has 94 valence electrons. The summed E-state index contributed by atoms with van der Waals surface area (Å²) in [5, 5.41) is 11.8. The van der Waals surface area contributed by atoms with Crippen LogP contribution in [0, 0.1) is 5.92 Å². The maximum atomic E-state index is 10.6. The average molecular weight is 235 g/mol. The van der Waals surface area contributed by atoms with Crippen molar-refractivity contribution in [2.24, 2.45) is 5.92 Å². The van der Waals surface area contributed by atoms with Crippen LogP contribution in [-0.2, 0) is 11.2 Å². The molecule has 0 saturated carbocycles. The van der Waals surface area contributed by atoms with E-state index in [-0.39, 0.29) is 0 Å². The standard InChI is InChI=1S/C14H21NO2/c1-11(10-15-12(2)14(16)17)8-9-13-6-4-3-5-7-13/h3-7,11-12,15H,8-10H2,1-2H3,(H,16,17)/t11?,12-/m1/s1. The molecule has 1 aromatic rings. The van der Waals surface area contributed by atoms with Gasteiger partial charge in [0.2, 0.25) is 0 Å². The van der Waals surface area contributed by atoms with E-state index in [2.05, 4.69) is 24.4 Å². The molecular weight excluding hydrogens is 214 g/mol. The van der Waals surface area contributed by atoms with Crippen molar-refractivity contribution in [3.8, 4) is 0 Å².